The second kappa shape index (κ2) is 8.26. The lowest BCUT2D eigenvalue weighted by atomic mass is 10.1. The maximum absolute atomic E-state index is 5.37. The van der Waals surface area contributed by atoms with Crippen LogP contribution in [0, 0.1) is 5.92 Å². The van der Waals surface area contributed by atoms with Gasteiger partial charge in [-0.2, -0.15) is 0 Å². The molecule has 0 aliphatic heterocycles. The first-order chi connectivity index (χ1) is 8.22. The molecular weight excluding hydrogens is 210 g/mol. The van der Waals surface area contributed by atoms with Crippen molar-refractivity contribution in [3.05, 3.63) is 35.4 Å². The van der Waals surface area contributed by atoms with E-state index in [-0.39, 0.29) is 0 Å². The molecule has 1 aromatic carbocycles. The highest BCUT2D eigenvalue weighted by Crippen LogP contribution is 2.06. The minimum atomic E-state index is 0.725. The number of hydrogen-bond acceptors (Lipinski definition) is 2. The van der Waals surface area contributed by atoms with Gasteiger partial charge >= 0.3 is 0 Å². The normalized spacial score (nSPS) is 11.1. The third kappa shape index (κ3) is 6.44. The monoisotopic (exact) mass is 235 g/mol. The Morgan fingerprint density at radius 1 is 1.12 bits per heavy atom. The lowest BCUT2D eigenvalue weighted by Crippen LogP contribution is -2.22. The van der Waals surface area contributed by atoms with Gasteiger partial charge in [0.2, 0.25) is 0 Å². The molecule has 0 saturated carbocycles. The second-order valence-corrected chi connectivity index (χ2v) is 4.80. The minimum absolute atomic E-state index is 0.725. The summed E-state index contributed by atoms with van der Waals surface area (Å²) in [5.74, 6) is 0.726. The molecule has 96 valence electrons. The van der Waals surface area contributed by atoms with E-state index in [2.05, 4.69) is 43.4 Å². The maximum Gasteiger partial charge on any atom is 0.0716 e. The van der Waals surface area contributed by atoms with Crippen molar-refractivity contribution in [2.45, 2.75) is 33.8 Å². The van der Waals surface area contributed by atoms with Crippen LogP contribution in [0.4, 0.5) is 0 Å². The van der Waals surface area contributed by atoms with Crippen LogP contribution in [0.5, 0.6) is 0 Å². The molecule has 1 N–H and O–H groups in total. The van der Waals surface area contributed by atoms with Gasteiger partial charge in [0.25, 0.3) is 0 Å². The summed E-state index contributed by atoms with van der Waals surface area (Å²) >= 11 is 0. The first-order valence-electron chi connectivity index (χ1n) is 6.58. The van der Waals surface area contributed by atoms with Crippen molar-refractivity contribution in [1.82, 2.24) is 5.32 Å². The molecule has 0 fully saturated rings. The van der Waals surface area contributed by atoms with Crippen LogP contribution in [0.3, 0.4) is 0 Å². The summed E-state index contributed by atoms with van der Waals surface area (Å²) < 4.78 is 5.37. The topological polar surface area (TPSA) is 21.3 Å². The summed E-state index contributed by atoms with van der Waals surface area (Å²) in [5, 5.41) is 3.46. The van der Waals surface area contributed by atoms with Crippen molar-refractivity contribution in [3.63, 3.8) is 0 Å². The van der Waals surface area contributed by atoms with Gasteiger partial charge in [-0.05, 0) is 43.5 Å². The molecule has 0 radical (unpaired) electrons. The minimum Gasteiger partial charge on any atom is -0.377 e. The van der Waals surface area contributed by atoms with Gasteiger partial charge in [0.05, 0.1) is 6.61 Å². The number of nitrogens with one attached hydrogen (secondary N) is 1. The van der Waals surface area contributed by atoms with E-state index < -0.39 is 0 Å². The Kier molecular flexibility index (Phi) is 6.90. The summed E-state index contributed by atoms with van der Waals surface area (Å²) in [7, 11) is 0. The molecule has 17 heavy (non-hydrogen) atoms. The average Bonchev–Trinajstić information content (AvgIpc) is 2.33. The van der Waals surface area contributed by atoms with Crippen LogP contribution in [0.15, 0.2) is 24.3 Å². The summed E-state index contributed by atoms with van der Waals surface area (Å²) in [4.78, 5) is 0. The van der Waals surface area contributed by atoms with Gasteiger partial charge < -0.3 is 10.1 Å². The third-order valence-electron chi connectivity index (χ3n) is 2.64. The van der Waals surface area contributed by atoms with Crippen LogP contribution < -0.4 is 5.32 Å². The Balaban J connectivity index is 2.25. The first-order valence-corrected chi connectivity index (χ1v) is 6.58. The Bertz CT molecular complexity index is 292. The number of ether oxygens (including phenoxy) is 1. The molecule has 2 heteroatoms. The predicted octanol–water partition coefficient (Wildman–Crippen LogP) is 3.01. The standard InChI is InChI=1S/C15H25NO/c1-4-17-12-15-7-5-14(6-8-15)9-10-16-11-13(2)3/h5-8,13,16H,4,9-12H2,1-3H3. The van der Waals surface area contributed by atoms with E-state index in [0.717, 1.165) is 38.6 Å². The van der Waals surface area contributed by atoms with Gasteiger partial charge in [-0.1, -0.05) is 38.1 Å². The molecule has 0 heterocycles. The highest BCUT2D eigenvalue weighted by molar-refractivity contribution is 5.22. The van der Waals surface area contributed by atoms with E-state index >= 15 is 0 Å². The smallest absolute Gasteiger partial charge is 0.0716 e. The van der Waals surface area contributed by atoms with Crippen LogP contribution in [0.2, 0.25) is 0 Å². The van der Waals surface area contributed by atoms with Gasteiger partial charge in [-0.15, -0.1) is 0 Å². The van der Waals surface area contributed by atoms with Crippen molar-refractivity contribution < 1.29 is 4.74 Å². The van der Waals surface area contributed by atoms with Gasteiger partial charge in [-0.25, -0.2) is 0 Å². The fourth-order valence-electron chi connectivity index (χ4n) is 1.65. The number of rotatable bonds is 8. The van der Waals surface area contributed by atoms with E-state index in [9.17, 15) is 0 Å². The highest BCUT2D eigenvalue weighted by Gasteiger charge is 1.96. The molecule has 2 nitrogen and oxygen atoms in total. The zero-order chi connectivity index (χ0) is 12.5. The molecule has 0 aliphatic carbocycles. The Morgan fingerprint density at radius 2 is 1.76 bits per heavy atom. The molecule has 0 bridgehead atoms. The summed E-state index contributed by atoms with van der Waals surface area (Å²) in [6, 6.07) is 8.72. The zero-order valence-corrected chi connectivity index (χ0v) is 11.3. The van der Waals surface area contributed by atoms with E-state index in [4.69, 9.17) is 4.74 Å². The Labute approximate surface area is 105 Å². The molecule has 0 unspecified atom stereocenters. The molecule has 1 aromatic rings. The fraction of sp³-hybridized carbons (Fsp3) is 0.600. The maximum atomic E-state index is 5.37. The summed E-state index contributed by atoms with van der Waals surface area (Å²) in [6.45, 7) is 10.1. The first kappa shape index (κ1) is 14.2. The highest BCUT2D eigenvalue weighted by atomic mass is 16.5. The number of benzene rings is 1. The molecule has 0 spiro atoms. The molecule has 0 aliphatic rings. The van der Waals surface area contributed by atoms with E-state index in [1.807, 2.05) is 6.92 Å². The van der Waals surface area contributed by atoms with Crippen LogP contribution in [0.1, 0.15) is 31.9 Å². The van der Waals surface area contributed by atoms with Crippen molar-refractivity contribution in [2.75, 3.05) is 19.7 Å². The van der Waals surface area contributed by atoms with Crippen LogP contribution in [0.25, 0.3) is 0 Å². The van der Waals surface area contributed by atoms with Crippen molar-refractivity contribution in [1.29, 1.82) is 0 Å². The van der Waals surface area contributed by atoms with Crippen molar-refractivity contribution >= 4 is 0 Å². The quantitative estimate of drug-likeness (QED) is 0.699. The molecule has 0 saturated heterocycles. The summed E-state index contributed by atoms with van der Waals surface area (Å²) in [5.41, 5.74) is 2.65. The Morgan fingerprint density at radius 3 is 2.35 bits per heavy atom. The van der Waals surface area contributed by atoms with E-state index in [1.165, 1.54) is 11.1 Å². The third-order valence-corrected chi connectivity index (χ3v) is 2.64. The van der Waals surface area contributed by atoms with Crippen LogP contribution in [-0.4, -0.2) is 19.7 Å². The predicted molar refractivity (Wildman–Crippen MR) is 73.2 cm³/mol. The second-order valence-electron chi connectivity index (χ2n) is 4.80. The fourth-order valence-corrected chi connectivity index (χ4v) is 1.65. The lowest BCUT2D eigenvalue weighted by molar-refractivity contribution is 0.134. The lowest BCUT2D eigenvalue weighted by Gasteiger charge is -2.08. The molecular formula is C15H25NO. The van der Waals surface area contributed by atoms with Gasteiger partial charge in [0.1, 0.15) is 0 Å². The van der Waals surface area contributed by atoms with E-state index in [1.54, 1.807) is 0 Å². The zero-order valence-electron chi connectivity index (χ0n) is 11.3. The van der Waals surface area contributed by atoms with Gasteiger partial charge in [-0.3, -0.25) is 0 Å². The van der Waals surface area contributed by atoms with Crippen molar-refractivity contribution in [3.8, 4) is 0 Å². The molecule has 1 rings (SSSR count). The Hall–Kier alpha value is -0.860. The van der Waals surface area contributed by atoms with Crippen LogP contribution >= 0.6 is 0 Å². The summed E-state index contributed by atoms with van der Waals surface area (Å²) in [6.07, 6.45) is 1.10. The average molecular weight is 235 g/mol. The van der Waals surface area contributed by atoms with Gasteiger partial charge in [0, 0.05) is 6.61 Å². The molecule has 0 amide bonds. The SMILES string of the molecule is CCOCc1ccc(CCNCC(C)C)cc1. The molecule has 0 atom stereocenters. The van der Waals surface area contributed by atoms with Crippen LogP contribution in [-0.2, 0) is 17.8 Å². The largest absolute Gasteiger partial charge is 0.377 e. The van der Waals surface area contributed by atoms with E-state index in [0.29, 0.717) is 0 Å². The van der Waals surface area contributed by atoms with Crippen molar-refractivity contribution in [2.24, 2.45) is 5.92 Å². The molecule has 0 aromatic heterocycles. The number of hydrogen-bond donors (Lipinski definition) is 1. The van der Waals surface area contributed by atoms with Gasteiger partial charge in [0.15, 0.2) is 0 Å².